The van der Waals surface area contributed by atoms with Crippen molar-refractivity contribution in [1.82, 2.24) is 4.90 Å². The lowest BCUT2D eigenvalue weighted by atomic mass is 9.74. The topological polar surface area (TPSA) is 21.7 Å². The van der Waals surface area contributed by atoms with Crippen molar-refractivity contribution >= 4 is 0 Å². The number of piperidine rings is 1. The normalized spacial score (nSPS) is 15.1. The smallest absolute Gasteiger partial charge is 0.118 e. The number of methoxy groups -OCH3 is 2. The van der Waals surface area contributed by atoms with Crippen molar-refractivity contribution in [3.8, 4) is 11.5 Å². The maximum Gasteiger partial charge on any atom is 0.118 e. The second-order valence-corrected chi connectivity index (χ2v) is 7.58. The predicted molar refractivity (Wildman–Crippen MR) is 118 cm³/mol. The Morgan fingerprint density at radius 2 is 1.03 bits per heavy atom. The maximum absolute atomic E-state index is 5.44. The molecule has 1 heterocycles. The highest BCUT2D eigenvalue weighted by molar-refractivity contribution is 5.51. The van der Waals surface area contributed by atoms with Crippen molar-refractivity contribution in [2.75, 3.05) is 27.3 Å². The van der Waals surface area contributed by atoms with E-state index in [0.29, 0.717) is 0 Å². The van der Waals surface area contributed by atoms with Crippen LogP contribution >= 0.6 is 0 Å². The van der Waals surface area contributed by atoms with Crippen LogP contribution in [0.3, 0.4) is 0 Å². The van der Waals surface area contributed by atoms with E-state index < -0.39 is 0 Å². The number of benzene rings is 3. The Labute approximate surface area is 173 Å². The van der Waals surface area contributed by atoms with Crippen LogP contribution in [0.15, 0.2) is 78.9 Å². The fraction of sp³-hybridized carbons (Fsp3) is 0.308. The van der Waals surface area contributed by atoms with Gasteiger partial charge in [-0.3, -0.25) is 4.90 Å². The Morgan fingerprint density at radius 1 is 0.586 bits per heavy atom. The van der Waals surface area contributed by atoms with Gasteiger partial charge >= 0.3 is 0 Å². The molecular formula is C26H29NO2. The van der Waals surface area contributed by atoms with E-state index in [1.165, 1.54) is 36.0 Å². The highest BCUT2D eigenvalue weighted by atomic mass is 16.5. The van der Waals surface area contributed by atoms with E-state index in [-0.39, 0.29) is 5.54 Å². The van der Waals surface area contributed by atoms with Gasteiger partial charge in [0.25, 0.3) is 0 Å². The SMILES string of the molecule is COc1ccc(C(c2ccccc2)(c2ccc(OC)cc2)N2CCCCC2)cc1. The summed E-state index contributed by atoms with van der Waals surface area (Å²) < 4.78 is 10.9. The second-order valence-electron chi connectivity index (χ2n) is 7.58. The third kappa shape index (κ3) is 3.63. The van der Waals surface area contributed by atoms with Gasteiger partial charge in [0.15, 0.2) is 0 Å². The van der Waals surface area contributed by atoms with Crippen LogP contribution in [0.1, 0.15) is 36.0 Å². The lowest BCUT2D eigenvalue weighted by Crippen LogP contribution is -2.50. The minimum absolute atomic E-state index is 0.347. The third-order valence-corrected chi connectivity index (χ3v) is 6.04. The molecule has 0 unspecified atom stereocenters. The summed E-state index contributed by atoms with van der Waals surface area (Å²) in [7, 11) is 3.43. The fourth-order valence-electron chi connectivity index (χ4n) is 4.62. The molecule has 0 amide bonds. The molecular weight excluding hydrogens is 358 g/mol. The average molecular weight is 388 g/mol. The molecule has 3 aromatic rings. The second kappa shape index (κ2) is 8.71. The van der Waals surface area contributed by atoms with Gasteiger partial charge in [-0.2, -0.15) is 0 Å². The van der Waals surface area contributed by atoms with Crippen molar-refractivity contribution in [2.24, 2.45) is 0 Å². The van der Waals surface area contributed by atoms with Crippen molar-refractivity contribution in [1.29, 1.82) is 0 Å². The Morgan fingerprint density at radius 3 is 1.48 bits per heavy atom. The summed E-state index contributed by atoms with van der Waals surface area (Å²) in [5.74, 6) is 1.76. The van der Waals surface area contributed by atoms with Gasteiger partial charge in [-0.05, 0) is 66.9 Å². The number of likely N-dealkylation sites (tertiary alicyclic amines) is 1. The molecule has 150 valence electrons. The summed E-state index contributed by atoms with van der Waals surface area (Å²) in [6.45, 7) is 2.15. The van der Waals surface area contributed by atoms with E-state index in [4.69, 9.17) is 9.47 Å². The van der Waals surface area contributed by atoms with E-state index >= 15 is 0 Å². The molecule has 0 aromatic heterocycles. The zero-order valence-corrected chi connectivity index (χ0v) is 17.3. The summed E-state index contributed by atoms with van der Waals surface area (Å²) >= 11 is 0. The van der Waals surface area contributed by atoms with Crippen LogP contribution in [-0.2, 0) is 5.54 Å². The molecule has 0 radical (unpaired) electrons. The molecule has 0 spiro atoms. The van der Waals surface area contributed by atoms with E-state index in [9.17, 15) is 0 Å². The molecule has 1 aliphatic rings. The zero-order valence-electron chi connectivity index (χ0n) is 17.3. The highest BCUT2D eigenvalue weighted by Crippen LogP contribution is 2.44. The summed E-state index contributed by atoms with van der Waals surface area (Å²) in [6, 6.07) is 28.0. The minimum Gasteiger partial charge on any atom is -0.497 e. The van der Waals surface area contributed by atoms with Crippen LogP contribution in [0.2, 0.25) is 0 Å². The number of hydrogen-bond acceptors (Lipinski definition) is 3. The van der Waals surface area contributed by atoms with Crippen molar-refractivity contribution in [3.63, 3.8) is 0 Å². The van der Waals surface area contributed by atoms with E-state index in [0.717, 1.165) is 24.6 Å². The molecule has 1 fully saturated rings. The summed E-state index contributed by atoms with van der Waals surface area (Å²) in [4.78, 5) is 2.65. The third-order valence-electron chi connectivity index (χ3n) is 6.04. The molecule has 3 aromatic carbocycles. The van der Waals surface area contributed by atoms with Crippen LogP contribution in [0, 0.1) is 0 Å². The van der Waals surface area contributed by atoms with Crippen molar-refractivity contribution < 1.29 is 9.47 Å². The number of rotatable bonds is 6. The first-order valence-electron chi connectivity index (χ1n) is 10.4. The van der Waals surface area contributed by atoms with Gasteiger partial charge in [-0.15, -0.1) is 0 Å². The Hall–Kier alpha value is -2.78. The van der Waals surface area contributed by atoms with Gasteiger partial charge in [0.1, 0.15) is 11.5 Å². The van der Waals surface area contributed by atoms with Crippen LogP contribution in [-0.4, -0.2) is 32.2 Å². The van der Waals surface area contributed by atoms with Crippen LogP contribution in [0.4, 0.5) is 0 Å². The lowest BCUT2D eigenvalue weighted by Gasteiger charge is -2.47. The quantitative estimate of drug-likeness (QED) is 0.523. The first-order valence-corrected chi connectivity index (χ1v) is 10.4. The first kappa shape index (κ1) is 19.5. The van der Waals surface area contributed by atoms with Crippen LogP contribution < -0.4 is 9.47 Å². The van der Waals surface area contributed by atoms with Gasteiger partial charge in [-0.1, -0.05) is 61.0 Å². The Balaban J connectivity index is 1.97. The number of ether oxygens (including phenoxy) is 2. The monoisotopic (exact) mass is 387 g/mol. The Kier molecular flexibility index (Phi) is 5.86. The number of hydrogen-bond donors (Lipinski definition) is 0. The molecule has 29 heavy (non-hydrogen) atoms. The molecule has 1 aliphatic heterocycles. The van der Waals surface area contributed by atoms with Gasteiger partial charge < -0.3 is 9.47 Å². The maximum atomic E-state index is 5.44. The Bertz CT molecular complexity index is 850. The van der Waals surface area contributed by atoms with Gasteiger partial charge in [0, 0.05) is 0 Å². The molecule has 4 rings (SSSR count). The number of nitrogens with zero attached hydrogens (tertiary/aromatic N) is 1. The molecule has 0 aliphatic carbocycles. The van der Waals surface area contributed by atoms with Gasteiger partial charge in [0.2, 0.25) is 0 Å². The van der Waals surface area contributed by atoms with Crippen molar-refractivity contribution in [3.05, 3.63) is 95.6 Å². The standard InChI is InChI=1S/C26H29NO2/c1-28-24-15-11-22(12-16-24)26(21-9-5-3-6-10-21,27-19-7-4-8-20-27)23-13-17-25(29-2)18-14-23/h3,5-6,9-18H,4,7-8,19-20H2,1-2H3. The van der Waals surface area contributed by atoms with E-state index in [1.807, 2.05) is 0 Å². The molecule has 0 N–H and O–H groups in total. The first-order chi connectivity index (χ1) is 14.3. The molecule has 3 nitrogen and oxygen atoms in total. The van der Waals surface area contributed by atoms with Gasteiger partial charge in [0.05, 0.1) is 19.8 Å². The molecule has 1 saturated heterocycles. The van der Waals surface area contributed by atoms with Crippen LogP contribution in [0.25, 0.3) is 0 Å². The van der Waals surface area contributed by atoms with E-state index in [2.05, 4.69) is 83.8 Å². The van der Waals surface area contributed by atoms with E-state index in [1.54, 1.807) is 14.2 Å². The summed E-state index contributed by atoms with van der Waals surface area (Å²) in [5, 5.41) is 0. The summed E-state index contributed by atoms with van der Waals surface area (Å²) in [6.07, 6.45) is 3.74. The minimum atomic E-state index is -0.347. The zero-order chi connectivity index (χ0) is 20.1. The fourth-order valence-corrected chi connectivity index (χ4v) is 4.62. The molecule has 0 bridgehead atoms. The highest BCUT2D eigenvalue weighted by Gasteiger charge is 2.42. The predicted octanol–water partition coefficient (Wildman–Crippen LogP) is 5.48. The summed E-state index contributed by atoms with van der Waals surface area (Å²) in [5.41, 5.74) is 3.46. The lowest BCUT2D eigenvalue weighted by molar-refractivity contribution is 0.127. The largest absolute Gasteiger partial charge is 0.497 e. The van der Waals surface area contributed by atoms with Gasteiger partial charge in [-0.25, -0.2) is 0 Å². The molecule has 3 heteroatoms. The average Bonchev–Trinajstić information content (AvgIpc) is 2.82. The van der Waals surface area contributed by atoms with Crippen molar-refractivity contribution in [2.45, 2.75) is 24.8 Å². The molecule has 0 saturated carbocycles. The molecule has 0 atom stereocenters. The van der Waals surface area contributed by atoms with Crippen LogP contribution in [0.5, 0.6) is 11.5 Å².